The van der Waals surface area contributed by atoms with Crippen LogP contribution in [-0.4, -0.2) is 11.1 Å². The Labute approximate surface area is 54.5 Å². The minimum Gasteiger partial charge on any atom is -0.478 e. The fourth-order valence-electron chi connectivity index (χ4n) is 0.312. The van der Waals surface area contributed by atoms with Gasteiger partial charge in [-0.2, -0.15) is 0 Å². The van der Waals surface area contributed by atoms with Crippen LogP contribution < -0.4 is 0 Å². The summed E-state index contributed by atoms with van der Waals surface area (Å²) >= 11 is 0. The number of aliphatic carboxylic acids is 1. The molecule has 50 valence electrons. The van der Waals surface area contributed by atoms with Crippen LogP contribution in [0.15, 0.2) is 23.8 Å². The molecule has 0 atom stereocenters. The van der Waals surface area contributed by atoms with E-state index in [1.165, 1.54) is 0 Å². The van der Waals surface area contributed by atoms with Gasteiger partial charge in [-0.3, -0.25) is 0 Å². The maximum absolute atomic E-state index is 10.1. The van der Waals surface area contributed by atoms with Crippen LogP contribution in [0.3, 0.4) is 0 Å². The largest absolute Gasteiger partial charge is 0.478 e. The lowest BCUT2D eigenvalue weighted by Gasteiger charge is -1.85. The van der Waals surface area contributed by atoms with Gasteiger partial charge in [0.15, 0.2) is 0 Å². The van der Waals surface area contributed by atoms with E-state index in [-0.39, 0.29) is 0 Å². The van der Waals surface area contributed by atoms with E-state index < -0.39 is 5.97 Å². The van der Waals surface area contributed by atoms with Gasteiger partial charge in [0, 0.05) is 5.57 Å². The Hall–Kier alpha value is -1.05. The molecule has 0 bridgehead atoms. The van der Waals surface area contributed by atoms with E-state index in [0.29, 0.717) is 5.57 Å². The maximum Gasteiger partial charge on any atom is 0.331 e. The first-order valence-electron chi connectivity index (χ1n) is 2.71. The van der Waals surface area contributed by atoms with Gasteiger partial charge in [-0.05, 0) is 13.8 Å². The molecule has 2 heteroatoms. The summed E-state index contributed by atoms with van der Waals surface area (Å²) in [6.07, 6.45) is 5.04. The van der Waals surface area contributed by atoms with Gasteiger partial charge in [0.25, 0.3) is 0 Å². The van der Waals surface area contributed by atoms with E-state index in [4.69, 9.17) is 5.11 Å². The topological polar surface area (TPSA) is 37.3 Å². The number of hydrogen-bond acceptors (Lipinski definition) is 1. The van der Waals surface area contributed by atoms with Gasteiger partial charge in [-0.1, -0.05) is 18.2 Å². The normalized spacial score (nSPS) is 12.4. The molecule has 0 saturated heterocycles. The predicted octanol–water partition coefficient (Wildman–Crippen LogP) is 1.59. The molecule has 0 amide bonds. The summed E-state index contributed by atoms with van der Waals surface area (Å²) < 4.78 is 0. The molecule has 0 aromatic carbocycles. The molecule has 0 unspecified atom stereocenters. The molecule has 0 aliphatic rings. The molecule has 9 heavy (non-hydrogen) atoms. The van der Waals surface area contributed by atoms with Gasteiger partial charge in [-0.25, -0.2) is 4.79 Å². The second-order valence-electron chi connectivity index (χ2n) is 1.68. The Morgan fingerprint density at radius 2 is 2.11 bits per heavy atom. The quantitative estimate of drug-likeness (QED) is 0.450. The molecule has 0 aromatic heterocycles. The fourth-order valence-corrected chi connectivity index (χ4v) is 0.312. The first-order chi connectivity index (χ1) is 4.18. The van der Waals surface area contributed by atoms with Crippen LogP contribution in [0.4, 0.5) is 0 Å². The third-order valence-electron chi connectivity index (χ3n) is 0.876. The van der Waals surface area contributed by atoms with E-state index in [2.05, 4.69) is 0 Å². The van der Waals surface area contributed by atoms with Gasteiger partial charge >= 0.3 is 5.97 Å². The fraction of sp³-hybridized carbons (Fsp3) is 0.286. The lowest BCUT2D eigenvalue weighted by Crippen LogP contribution is -1.94. The lowest BCUT2D eigenvalue weighted by molar-refractivity contribution is -0.132. The summed E-state index contributed by atoms with van der Waals surface area (Å²) in [5.41, 5.74) is 0.355. The second-order valence-corrected chi connectivity index (χ2v) is 1.68. The van der Waals surface area contributed by atoms with Crippen molar-refractivity contribution in [2.75, 3.05) is 0 Å². The monoisotopic (exact) mass is 126 g/mol. The highest BCUT2D eigenvalue weighted by Gasteiger charge is 1.94. The number of hydrogen-bond donors (Lipinski definition) is 1. The highest BCUT2D eigenvalue weighted by atomic mass is 16.4. The molecule has 0 saturated carbocycles. The van der Waals surface area contributed by atoms with E-state index in [9.17, 15) is 4.79 Å². The standard InChI is InChI=1S/C7H10O2/c1-3-4-5-6(2)7(8)9/h3-5H,1-2H3,(H,8,9)/b4-3+,6-5+. The van der Waals surface area contributed by atoms with Crippen molar-refractivity contribution in [3.8, 4) is 0 Å². The van der Waals surface area contributed by atoms with E-state index in [0.717, 1.165) is 0 Å². The van der Waals surface area contributed by atoms with Crippen molar-refractivity contribution < 1.29 is 9.90 Å². The van der Waals surface area contributed by atoms with E-state index >= 15 is 0 Å². The van der Waals surface area contributed by atoms with Gasteiger partial charge < -0.3 is 5.11 Å². The van der Waals surface area contributed by atoms with E-state index in [1.807, 2.05) is 6.92 Å². The summed E-state index contributed by atoms with van der Waals surface area (Å²) in [7, 11) is 0. The molecule has 0 rings (SSSR count). The molecule has 0 spiro atoms. The zero-order valence-electron chi connectivity index (χ0n) is 5.59. The highest BCUT2D eigenvalue weighted by molar-refractivity contribution is 5.86. The number of carboxylic acids is 1. The summed E-state index contributed by atoms with van der Waals surface area (Å²) in [6.45, 7) is 3.40. The van der Waals surface area contributed by atoms with Crippen molar-refractivity contribution in [3.63, 3.8) is 0 Å². The number of carbonyl (C=O) groups is 1. The average Bonchev–Trinajstić information content (AvgIpc) is 1.82. The van der Waals surface area contributed by atoms with Gasteiger partial charge in [-0.15, -0.1) is 0 Å². The summed E-state index contributed by atoms with van der Waals surface area (Å²) in [5.74, 6) is -0.867. The Bertz CT molecular complexity index is 154. The summed E-state index contributed by atoms with van der Waals surface area (Å²) in [4.78, 5) is 10.1. The Balaban J connectivity index is 4.00. The van der Waals surface area contributed by atoms with Crippen molar-refractivity contribution in [1.29, 1.82) is 0 Å². The molecule has 0 radical (unpaired) electrons. The minimum absolute atomic E-state index is 0.355. The van der Waals surface area contributed by atoms with Gasteiger partial charge in [0.05, 0.1) is 0 Å². The van der Waals surface area contributed by atoms with Crippen LogP contribution in [0.25, 0.3) is 0 Å². The van der Waals surface area contributed by atoms with Crippen LogP contribution >= 0.6 is 0 Å². The van der Waals surface area contributed by atoms with Crippen molar-refractivity contribution >= 4 is 5.97 Å². The average molecular weight is 126 g/mol. The second kappa shape index (κ2) is 3.89. The molecule has 0 fully saturated rings. The molecule has 2 nitrogen and oxygen atoms in total. The SMILES string of the molecule is C/C=C/C=C(\C)C(=O)O. The van der Waals surface area contributed by atoms with Crippen LogP contribution in [0.2, 0.25) is 0 Å². The van der Waals surface area contributed by atoms with Crippen LogP contribution in [0.5, 0.6) is 0 Å². The molecule has 0 aliphatic carbocycles. The number of rotatable bonds is 2. The first-order valence-corrected chi connectivity index (χ1v) is 2.71. The van der Waals surface area contributed by atoms with Crippen LogP contribution in [-0.2, 0) is 4.79 Å². The molecule has 0 heterocycles. The molecule has 1 N–H and O–H groups in total. The van der Waals surface area contributed by atoms with Crippen molar-refractivity contribution in [2.45, 2.75) is 13.8 Å². The van der Waals surface area contributed by atoms with Gasteiger partial charge in [0.2, 0.25) is 0 Å². The van der Waals surface area contributed by atoms with Crippen molar-refractivity contribution in [1.82, 2.24) is 0 Å². The van der Waals surface area contributed by atoms with Crippen molar-refractivity contribution in [2.24, 2.45) is 0 Å². The zero-order chi connectivity index (χ0) is 7.28. The van der Waals surface area contributed by atoms with Crippen LogP contribution in [0, 0.1) is 0 Å². The highest BCUT2D eigenvalue weighted by Crippen LogP contribution is 1.91. The maximum atomic E-state index is 10.1. The summed E-state index contributed by atoms with van der Waals surface area (Å²) in [5, 5.41) is 8.31. The lowest BCUT2D eigenvalue weighted by atomic mass is 10.3. The Kier molecular flexibility index (Phi) is 3.44. The molecular formula is C7H10O2. The third-order valence-corrected chi connectivity index (χ3v) is 0.876. The molecular weight excluding hydrogens is 116 g/mol. The smallest absolute Gasteiger partial charge is 0.331 e. The zero-order valence-corrected chi connectivity index (χ0v) is 5.59. The Morgan fingerprint density at radius 1 is 1.56 bits per heavy atom. The van der Waals surface area contributed by atoms with E-state index in [1.54, 1.807) is 25.2 Å². The van der Waals surface area contributed by atoms with Crippen molar-refractivity contribution in [3.05, 3.63) is 23.8 Å². The number of carboxylic acid groups (broad SMARTS) is 1. The van der Waals surface area contributed by atoms with Gasteiger partial charge in [0.1, 0.15) is 0 Å². The summed E-state index contributed by atoms with van der Waals surface area (Å²) in [6, 6.07) is 0. The Morgan fingerprint density at radius 3 is 2.44 bits per heavy atom. The first kappa shape index (κ1) is 7.95. The number of allylic oxidation sites excluding steroid dienone is 3. The predicted molar refractivity (Wildman–Crippen MR) is 36.2 cm³/mol. The molecule has 0 aliphatic heterocycles. The molecule has 0 aromatic rings. The van der Waals surface area contributed by atoms with Crippen LogP contribution in [0.1, 0.15) is 13.8 Å². The third kappa shape index (κ3) is 3.53. The minimum atomic E-state index is -0.867.